The zero-order chi connectivity index (χ0) is 27.2. The molecule has 13 heteroatoms. The lowest BCUT2D eigenvalue weighted by atomic mass is 10.2. The molecule has 3 aromatic rings. The van der Waals surface area contributed by atoms with Crippen LogP contribution in [0.3, 0.4) is 0 Å². The fraction of sp³-hybridized carbons (Fsp3) is 0.333. The van der Waals surface area contributed by atoms with Crippen molar-refractivity contribution in [3.8, 4) is 17.2 Å². The third-order valence-corrected chi connectivity index (χ3v) is 5.07. The van der Waals surface area contributed by atoms with E-state index in [1.807, 2.05) is 26.0 Å². The highest BCUT2D eigenvalue weighted by Gasteiger charge is 2.44. The number of anilines is 1. The number of benzene rings is 2. The number of nitro groups is 1. The van der Waals surface area contributed by atoms with Crippen LogP contribution in [0.4, 0.5) is 24.5 Å². The fourth-order valence-electron chi connectivity index (χ4n) is 3.42. The highest BCUT2D eigenvalue weighted by Crippen LogP contribution is 2.37. The molecule has 0 saturated carbocycles. The molecule has 1 N–H and O–H groups in total. The molecule has 3 rings (SSSR count). The molecular weight excluding hydrogens is 497 g/mol. The summed E-state index contributed by atoms with van der Waals surface area (Å²) < 4.78 is 56.9. The molecule has 0 radical (unpaired) electrons. The van der Waals surface area contributed by atoms with Gasteiger partial charge in [0.15, 0.2) is 11.5 Å². The summed E-state index contributed by atoms with van der Waals surface area (Å²) in [7, 11) is 0. The average Bonchev–Trinajstić information content (AvgIpc) is 3.17. The molecule has 0 atom stereocenters. The first-order valence-corrected chi connectivity index (χ1v) is 11.2. The summed E-state index contributed by atoms with van der Waals surface area (Å²) in [5.41, 5.74) is -2.00. The van der Waals surface area contributed by atoms with Crippen LogP contribution in [0.1, 0.15) is 30.8 Å². The Morgan fingerprint density at radius 1 is 1.05 bits per heavy atom. The Morgan fingerprint density at radius 2 is 1.70 bits per heavy atom. The summed E-state index contributed by atoms with van der Waals surface area (Å²) in [5, 5.41) is 16.8. The molecule has 0 unspecified atom stereocenters. The van der Waals surface area contributed by atoms with Crippen molar-refractivity contribution in [2.24, 2.45) is 0 Å². The Morgan fingerprint density at radius 3 is 2.27 bits per heavy atom. The summed E-state index contributed by atoms with van der Waals surface area (Å²) in [6.07, 6.45) is -5.03. The highest BCUT2D eigenvalue weighted by atomic mass is 19.4. The van der Waals surface area contributed by atoms with E-state index in [2.05, 4.69) is 10.4 Å². The SMILES string of the molecule is CCOc1ccc(COc2ccc(NC(=O)Cn3nc(C(F)(F)F)c([N+](=O)[O-])c3C)cc2)cc1OCC. The van der Waals surface area contributed by atoms with Crippen molar-refractivity contribution < 1.29 is 37.1 Å². The maximum atomic E-state index is 13.1. The quantitative estimate of drug-likeness (QED) is 0.274. The van der Waals surface area contributed by atoms with Crippen LogP contribution in [0.25, 0.3) is 0 Å². The Labute approximate surface area is 210 Å². The summed E-state index contributed by atoms with van der Waals surface area (Å²) in [5.74, 6) is 1.06. The van der Waals surface area contributed by atoms with Gasteiger partial charge >= 0.3 is 11.9 Å². The average molecular weight is 522 g/mol. The van der Waals surface area contributed by atoms with Crippen LogP contribution in [0, 0.1) is 17.0 Å². The lowest BCUT2D eigenvalue weighted by Gasteiger charge is -2.13. The van der Waals surface area contributed by atoms with Crippen molar-refractivity contribution in [2.75, 3.05) is 18.5 Å². The minimum atomic E-state index is -5.03. The van der Waals surface area contributed by atoms with Gasteiger partial charge in [0.25, 0.3) is 0 Å². The Kier molecular flexibility index (Phi) is 8.58. The molecule has 1 amide bonds. The van der Waals surface area contributed by atoms with Gasteiger partial charge in [-0.15, -0.1) is 0 Å². The van der Waals surface area contributed by atoms with E-state index in [1.165, 1.54) is 0 Å². The smallest absolute Gasteiger partial charge is 0.442 e. The maximum Gasteiger partial charge on any atom is 0.442 e. The number of nitrogens with zero attached hydrogens (tertiary/aromatic N) is 3. The Balaban J connectivity index is 1.62. The van der Waals surface area contributed by atoms with E-state index < -0.39 is 34.9 Å². The molecule has 0 spiro atoms. The number of halogens is 3. The van der Waals surface area contributed by atoms with Crippen molar-refractivity contribution in [3.63, 3.8) is 0 Å². The van der Waals surface area contributed by atoms with Gasteiger partial charge in [0.2, 0.25) is 11.6 Å². The number of rotatable bonds is 11. The van der Waals surface area contributed by atoms with Crippen LogP contribution in [-0.4, -0.2) is 33.8 Å². The number of hydrogen-bond donors (Lipinski definition) is 1. The molecule has 0 aliphatic heterocycles. The van der Waals surface area contributed by atoms with E-state index in [1.54, 1.807) is 30.3 Å². The fourth-order valence-corrected chi connectivity index (χ4v) is 3.42. The third-order valence-electron chi connectivity index (χ3n) is 5.07. The molecule has 0 bridgehead atoms. The van der Waals surface area contributed by atoms with E-state index in [4.69, 9.17) is 14.2 Å². The molecule has 1 aromatic heterocycles. The van der Waals surface area contributed by atoms with Crippen LogP contribution in [0.15, 0.2) is 42.5 Å². The molecule has 37 heavy (non-hydrogen) atoms. The van der Waals surface area contributed by atoms with Gasteiger partial charge in [0.05, 0.1) is 18.1 Å². The first kappa shape index (κ1) is 27.3. The van der Waals surface area contributed by atoms with Gasteiger partial charge in [-0.1, -0.05) is 6.07 Å². The van der Waals surface area contributed by atoms with Crippen molar-refractivity contribution in [3.05, 3.63) is 69.5 Å². The van der Waals surface area contributed by atoms with Gasteiger partial charge in [-0.05, 0) is 62.7 Å². The molecule has 0 aliphatic rings. The predicted molar refractivity (Wildman–Crippen MR) is 127 cm³/mol. The summed E-state index contributed by atoms with van der Waals surface area (Å²) >= 11 is 0. The Bertz CT molecular complexity index is 1260. The van der Waals surface area contributed by atoms with Crippen molar-refractivity contribution >= 4 is 17.3 Å². The van der Waals surface area contributed by atoms with Gasteiger partial charge < -0.3 is 19.5 Å². The van der Waals surface area contributed by atoms with Crippen LogP contribution in [0.5, 0.6) is 17.2 Å². The van der Waals surface area contributed by atoms with Crippen LogP contribution in [-0.2, 0) is 24.1 Å². The van der Waals surface area contributed by atoms with E-state index in [9.17, 15) is 28.1 Å². The first-order chi connectivity index (χ1) is 17.5. The predicted octanol–water partition coefficient (Wildman–Crippen LogP) is 5.13. The largest absolute Gasteiger partial charge is 0.490 e. The van der Waals surface area contributed by atoms with Gasteiger partial charge in [-0.2, -0.15) is 18.3 Å². The molecular formula is C24H25F3N4O6. The summed E-state index contributed by atoms with van der Waals surface area (Å²) in [6, 6.07) is 11.8. The number of carbonyl (C=O) groups is 1. The highest BCUT2D eigenvalue weighted by molar-refractivity contribution is 5.90. The monoisotopic (exact) mass is 522 g/mol. The number of aromatic nitrogens is 2. The molecule has 0 saturated heterocycles. The van der Waals surface area contributed by atoms with Crippen LogP contribution < -0.4 is 19.5 Å². The zero-order valence-electron chi connectivity index (χ0n) is 20.3. The number of ether oxygens (including phenoxy) is 3. The van der Waals surface area contributed by atoms with Crippen LogP contribution in [0.2, 0.25) is 0 Å². The molecule has 10 nitrogen and oxygen atoms in total. The first-order valence-electron chi connectivity index (χ1n) is 11.2. The maximum absolute atomic E-state index is 13.1. The topological polar surface area (TPSA) is 118 Å². The molecule has 2 aromatic carbocycles. The van der Waals surface area contributed by atoms with Crippen molar-refractivity contribution in [1.82, 2.24) is 9.78 Å². The minimum Gasteiger partial charge on any atom is -0.490 e. The molecule has 1 heterocycles. The number of nitrogens with one attached hydrogen (secondary N) is 1. The number of amides is 1. The van der Waals surface area contributed by atoms with Crippen LogP contribution >= 0.6 is 0 Å². The second-order valence-corrected chi connectivity index (χ2v) is 7.70. The van der Waals surface area contributed by atoms with E-state index in [0.717, 1.165) is 12.5 Å². The Hall–Kier alpha value is -4.29. The summed E-state index contributed by atoms with van der Waals surface area (Å²) in [6.45, 7) is 5.46. The van der Waals surface area contributed by atoms with Gasteiger partial charge in [0.1, 0.15) is 24.6 Å². The number of carbonyl (C=O) groups excluding carboxylic acids is 1. The van der Waals surface area contributed by atoms with Gasteiger partial charge in [-0.3, -0.25) is 19.6 Å². The van der Waals surface area contributed by atoms with Crippen molar-refractivity contribution in [2.45, 2.75) is 40.1 Å². The second kappa shape index (κ2) is 11.6. The van der Waals surface area contributed by atoms with E-state index in [0.29, 0.717) is 40.8 Å². The van der Waals surface area contributed by atoms with E-state index >= 15 is 0 Å². The van der Waals surface area contributed by atoms with Crippen molar-refractivity contribution in [1.29, 1.82) is 0 Å². The summed E-state index contributed by atoms with van der Waals surface area (Å²) in [4.78, 5) is 22.3. The molecule has 0 fully saturated rings. The zero-order valence-corrected chi connectivity index (χ0v) is 20.3. The second-order valence-electron chi connectivity index (χ2n) is 7.70. The molecule has 0 aliphatic carbocycles. The van der Waals surface area contributed by atoms with E-state index in [-0.39, 0.29) is 12.3 Å². The number of hydrogen-bond acceptors (Lipinski definition) is 7. The number of alkyl halides is 3. The van der Waals surface area contributed by atoms with Gasteiger partial charge in [-0.25, -0.2) is 0 Å². The minimum absolute atomic E-state index is 0.247. The normalized spacial score (nSPS) is 11.2. The van der Waals surface area contributed by atoms with Gasteiger partial charge in [0, 0.05) is 5.69 Å². The lowest BCUT2D eigenvalue weighted by molar-refractivity contribution is -0.388. The molecule has 198 valence electrons. The third kappa shape index (κ3) is 6.90. The lowest BCUT2D eigenvalue weighted by Crippen LogP contribution is -2.20. The standard InChI is InChI=1S/C24H25F3N4O6/c1-4-35-19-11-6-16(12-20(19)36-5-2)14-37-18-9-7-17(8-10-18)28-21(32)13-30-15(3)22(31(33)34)23(29-30)24(25,26)27/h6-12H,4-5,13-14H2,1-3H3,(H,28,32).